The van der Waals surface area contributed by atoms with Crippen LogP contribution in [-0.2, 0) is 4.79 Å². The molecule has 3 nitrogen and oxygen atoms in total. The van der Waals surface area contributed by atoms with E-state index in [0.29, 0.717) is 12.8 Å². The largest absolute Gasteiger partial charge is 0.481 e. The third-order valence-electron chi connectivity index (χ3n) is 1.90. The average Bonchev–Trinajstić information content (AvgIpc) is 2.11. The van der Waals surface area contributed by atoms with E-state index in [1.807, 2.05) is 6.92 Å². The summed E-state index contributed by atoms with van der Waals surface area (Å²) in [6.07, 6.45) is -1.60. The Morgan fingerprint density at radius 3 is 2.86 bits per heavy atom. The van der Waals surface area contributed by atoms with E-state index in [2.05, 4.69) is 0 Å². The second-order valence-electron chi connectivity index (χ2n) is 3.41. The summed E-state index contributed by atoms with van der Waals surface area (Å²) in [5.74, 6) is -0.968. The van der Waals surface area contributed by atoms with Crippen molar-refractivity contribution in [3.63, 3.8) is 0 Å². The third kappa shape index (κ3) is 9.81. The van der Waals surface area contributed by atoms with Crippen LogP contribution >= 0.6 is 12.4 Å². The molecule has 2 atom stereocenters. The number of hydrogen-bond donors (Lipinski definition) is 2. The molecule has 0 heterocycles. The highest BCUT2D eigenvalue weighted by Crippen LogP contribution is 2.14. The van der Waals surface area contributed by atoms with Gasteiger partial charge in [0.1, 0.15) is 0 Å². The van der Waals surface area contributed by atoms with E-state index in [9.17, 15) is 4.79 Å². The van der Waals surface area contributed by atoms with Crippen molar-refractivity contribution in [2.24, 2.45) is 11.7 Å². The first-order valence-electron chi connectivity index (χ1n) is 6.93. The fourth-order valence-corrected chi connectivity index (χ4v) is 1.26. The molecule has 0 aromatic rings. The van der Waals surface area contributed by atoms with Crippen molar-refractivity contribution >= 4 is 18.4 Å². The molecule has 0 fully saturated rings. The molecular weight excluding hydrogens is 202 g/mol. The smallest absolute Gasteiger partial charge is 0.304 e. The molecule has 0 rings (SSSR count). The average molecular weight is 229 g/mol. The van der Waals surface area contributed by atoms with Gasteiger partial charge in [0, 0.05) is 12.9 Å². The molecule has 0 saturated carbocycles. The van der Waals surface area contributed by atoms with Gasteiger partial charge >= 0.3 is 5.97 Å². The summed E-state index contributed by atoms with van der Waals surface area (Å²) in [6.45, 7) is -0.812. The van der Waals surface area contributed by atoms with E-state index in [1.54, 1.807) is 0 Å². The molecule has 0 aromatic heterocycles. The quantitative estimate of drug-likeness (QED) is 0.704. The Morgan fingerprint density at radius 1 is 1.71 bits per heavy atom. The second kappa shape index (κ2) is 9.28. The number of aliphatic carboxylic acids is 1. The monoisotopic (exact) mass is 228 g/mol. The minimum absolute atomic E-state index is 0. The molecule has 0 bridgehead atoms. The summed E-state index contributed by atoms with van der Waals surface area (Å²) < 4.78 is 36.1. The number of rotatable bonds is 7. The SMILES string of the molecule is Cl.[2H]C([2H])([2H])C([2H])([2H])CC[C@@H](C)C[C@H](N)CC(=O)O. The van der Waals surface area contributed by atoms with Gasteiger partial charge in [-0.15, -0.1) is 12.4 Å². The minimum atomic E-state index is -2.63. The third-order valence-corrected chi connectivity index (χ3v) is 1.90. The number of carboxylic acids is 1. The number of carbonyl (C=O) groups is 1. The van der Waals surface area contributed by atoms with Crippen LogP contribution < -0.4 is 5.73 Å². The lowest BCUT2D eigenvalue weighted by Crippen LogP contribution is -2.25. The van der Waals surface area contributed by atoms with Crippen LogP contribution in [0.25, 0.3) is 0 Å². The standard InChI is InChI=1S/C10H21NO2.ClH/c1-3-4-5-8(2)6-9(11)7-10(12)13;/h8-9H,3-7,11H2,1-2H3,(H,12,13);1H/t8-,9+;/m1./s1/i1D3,3D2;. The molecule has 0 aromatic carbocycles. The van der Waals surface area contributed by atoms with Crippen LogP contribution in [0.5, 0.6) is 0 Å². The molecule has 0 aliphatic heterocycles. The highest BCUT2D eigenvalue weighted by molar-refractivity contribution is 5.85. The van der Waals surface area contributed by atoms with Crippen LogP contribution in [0.3, 0.4) is 0 Å². The van der Waals surface area contributed by atoms with Crippen LogP contribution in [-0.4, -0.2) is 17.1 Å². The summed E-state index contributed by atoms with van der Waals surface area (Å²) >= 11 is 0. The highest BCUT2D eigenvalue weighted by atomic mass is 35.5. The Hall–Kier alpha value is -0.280. The van der Waals surface area contributed by atoms with Crippen molar-refractivity contribution in [1.29, 1.82) is 0 Å². The first kappa shape index (κ1) is 7.94. The van der Waals surface area contributed by atoms with Crippen LogP contribution in [0.15, 0.2) is 0 Å². The predicted molar refractivity (Wildman–Crippen MR) is 60.8 cm³/mol. The van der Waals surface area contributed by atoms with Crippen LogP contribution in [0.1, 0.15) is 52.7 Å². The van der Waals surface area contributed by atoms with Crippen molar-refractivity contribution in [3.8, 4) is 0 Å². The molecule has 0 aliphatic rings. The summed E-state index contributed by atoms with van der Waals surface area (Å²) in [6, 6.07) is -0.476. The molecule has 0 radical (unpaired) electrons. The normalized spacial score (nSPS) is 21.4. The molecule has 0 spiro atoms. The number of hydrogen-bond acceptors (Lipinski definition) is 2. The van der Waals surface area contributed by atoms with Gasteiger partial charge in [-0.3, -0.25) is 4.79 Å². The minimum Gasteiger partial charge on any atom is -0.481 e. The van der Waals surface area contributed by atoms with Gasteiger partial charge in [-0.1, -0.05) is 33.0 Å². The van der Waals surface area contributed by atoms with Crippen LogP contribution in [0.2, 0.25) is 0 Å². The van der Waals surface area contributed by atoms with Gasteiger partial charge in [-0.2, -0.15) is 0 Å². The molecule has 3 N–H and O–H groups in total. The summed E-state index contributed by atoms with van der Waals surface area (Å²) in [4.78, 5) is 10.4. The molecule has 0 saturated heterocycles. The molecule has 14 heavy (non-hydrogen) atoms. The van der Waals surface area contributed by atoms with E-state index in [-0.39, 0.29) is 31.2 Å². The van der Waals surface area contributed by atoms with E-state index < -0.39 is 25.2 Å². The first-order valence-corrected chi connectivity index (χ1v) is 4.43. The Morgan fingerprint density at radius 2 is 2.36 bits per heavy atom. The highest BCUT2D eigenvalue weighted by Gasteiger charge is 2.11. The lowest BCUT2D eigenvalue weighted by molar-refractivity contribution is -0.137. The predicted octanol–water partition coefficient (Wildman–Crippen LogP) is 2.43. The van der Waals surface area contributed by atoms with E-state index in [1.165, 1.54) is 0 Å². The van der Waals surface area contributed by atoms with Crippen LogP contribution in [0, 0.1) is 5.92 Å². The van der Waals surface area contributed by atoms with E-state index in [0.717, 1.165) is 0 Å². The number of carboxylic acid groups (broad SMARTS) is 1. The zero-order chi connectivity index (χ0) is 14.6. The summed E-state index contributed by atoms with van der Waals surface area (Å²) in [5, 5.41) is 8.55. The van der Waals surface area contributed by atoms with Gasteiger partial charge in [0.25, 0.3) is 0 Å². The molecule has 86 valence electrons. The molecule has 0 unspecified atom stereocenters. The van der Waals surface area contributed by atoms with Crippen molar-refractivity contribution < 1.29 is 16.8 Å². The summed E-state index contributed by atoms with van der Waals surface area (Å²) in [7, 11) is 0. The maximum absolute atomic E-state index is 10.4. The Bertz CT molecular complexity index is 286. The topological polar surface area (TPSA) is 63.3 Å². The van der Waals surface area contributed by atoms with Gasteiger partial charge in [0.05, 0.1) is 6.42 Å². The molecule has 0 aliphatic carbocycles. The Balaban J connectivity index is 0. The molecule has 0 amide bonds. The van der Waals surface area contributed by atoms with E-state index >= 15 is 0 Å². The van der Waals surface area contributed by atoms with Gasteiger partial charge in [-0.05, 0) is 12.3 Å². The van der Waals surface area contributed by atoms with Crippen LogP contribution in [0.4, 0.5) is 0 Å². The van der Waals surface area contributed by atoms with Gasteiger partial charge < -0.3 is 10.8 Å². The maximum Gasteiger partial charge on any atom is 0.304 e. The fraction of sp³-hybridized carbons (Fsp3) is 0.900. The lowest BCUT2D eigenvalue weighted by atomic mass is 9.95. The first-order chi connectivity index (χ1) is 7.95. The molecule has 4 heteroatoms. The van der Waals surface area contributed by atoms with Crippen molar-refractivity contribution in [1.82, 2.24) is 0 Å². The second-order valence-corrected chi connectivity index (χ2v) is 3.41. The maximum atomic E-state index is 10.4. The summed E-state index contributed by atoms with van der Waals surface area (Å²) in [5.41, 5.74) is 5.61. The lowest BCUT2D eigenvalue weighted by Gasteiger charge is -2.15. The van der Waals surface area contributed by atoms with Crippen molar-refractivity contribution in [2.45, 2.75) is 51.9 Å². The van der Waals surface area contributed by atoms with Gasteiger partial charge in [-0.25, -0.2) is 0 Å². The zero-order valence-corrected chi connectivity index (χ0v) is 9.14. The number of halogens is 1. The van der Waals surface area contributed by atoms with Crippen molar-refractivity contribution in [2.75, 3.05) is 0 Å². The Labute approximate surface area is 99.5 Å². The van der Waals surface area contributed by atoms with Crippen molar-refractivity contribution in [3.05, 3.63) is 0 Å². The van der Waals surface area contributed by atoms with Gasteiger partial charge in [0.2, 0.25) is 0 Å². The van der Waals surface area contributed by atoms with E-state index in [4.69, 9.17) is 17.7 Å². The zero-order valence-electron chi connectivity index (χ0n) is 13.3. The Kier molecular flexibility index (Phi) is 5.26. The number of nitrogens with two attached hydrogens (primary N) is 1. The van der Waals surface area contributed by atoms with Gasteiger partial charge in [0.15, 0.2) is 0 Å². The molecular formula is C10H22ClNO2. The fourth-order valence-electron chi connectivity index (χ4n) is 1.26.